The van der Waals surface area contributed by atoms with Gasteiger partial charge < -0.3 is 19.9 Å². The Morgan fingerprint density at radius 1 is 0.943 bits per heavy atom. The molecule has 2 saturated heterocycles. The van der Waals surface area contributed by atoms with Crippen LogP contribution in [0.15, 0.2) is 42.5 Å². The molecule has 3 amide bonds. The largest absolute Gasteiger partial charge is 0.497 e. The first-order valence-corrected chi connectivity index (χ1v) is 11.9. The Morgan fingerprint density at radius 3 is 2.37 bits per heavy atom. The SMILES string of the molecule is COc1cccc(CNC(=O)[C@@H]2CCCN2C(=O)[C@H]2CCCCN2C(=O)c2c(F)cccc2F)c1. The molecule has 2 aliphatic rings. The molecular formula is C26H29F2N3O4. The molecule has 7 nitrogen and oxygen atoms in total. The molecule has 186 valence electrons. The van der Waals surface area contributed by atoms with Gasteiger partial charge in [0, 0.05) is 19.6 Å². The lowest BCUT2D eigenvalue weighted by Gasteiger charge is -2.38. The van der Waals surface area contributed by atoms with Gasteiger partial charge in [-0.2, -0.15) is 0 Å². The first-order chi connectivity index (χ1) is 16.9. The number of likely N-dealkylation sites (tertiary alicyclic amines) is 2. The van der Waals surface area contributed by atoms with Gasteiger partial charge in [0.25, 0.3) is 5.91 Å². The van der Waals surface area contributed by atoms with E-state index in [1.165, 1.54) is 15.9 Å². The summed E-state index contributed by atoms with van der Waals surface area (Å²) in [5, 5.41) is 2.89. The first kappa shape index (κ1) is 24.6. The maximum absolute atomic E-state index is 14.3. The zero-order valence-corrected chi connectivity index (χ0v) is 19.6. The second kappa shape index (κ2) is 10.8. The summed E-state index contributed by atoms with van der Waals surface area (Å²) in [6.07, 6.45) is 2.90. The van der Waals surface area contributed by atoms with E-state index in [-0.39, 0.29) is 24.9 Å². The van der Waals surface area contributed by atoms with E-state index in [1.807, 2.05) is 24.3 Å². The summed E-state index contributed by atoms with van der Waals surface area (Å²) in [4.78, 5) is 42.4. The van der Waals surface area contributed by atoms with Crippen LogP contribution in [0.3, 0.4) is 0 Å². The van der Waals surface area contributed by atoms with E-state index in [1.54, 1.807) is 7.11 Å². The number of hydrogen-bond acceptors (Lipinski definition) is 4. The average Bonchev–Trinajstić information content (AvgIpc) is 3.37. The number of carbonyl (C=O) groups is 3. The molecule has 2 atom stereocenters. The lowest BCUT2D eigenvalue weighted by molar-refractivity contribution is -0.142. The van der Waals surface area contributed by atoms with Gasteiger partial charge in [0.1, 0.15) is 35.0 Å². The fraction of sp³-hybridized carbons (Fsp3) is 0.423. The van der Waals surface area contributed by atoms with Gasteiger partial charge in [0.2, 0.25) is 11.8 Å². The molecule has 2 aromatic rings. The van der Waals surface area contributed by atoms with Crippen molar-refractivity contribution in [3.8, 4) is 5.75 Å². The normalized spacial score (nSPS) is 20.0. The first-order valence-electron chi connectivity index (χ1n) is 11.9. The minimum Gasteiger partial charge on any atom is -0.497 e. The predicted octanol–water partition coefficient (Wildman–Crippen LogP) is 3.28. The summed E-state index contributed by atoms with van der Waals surface area (Å²) in [5.74, 6) is -2.69. The predicted molar refractivity (Wildman–Crippen MR) is 125 cm³/mol. The van der Waals surface area contributed by atoms with Crippen molar-refractivity contribution in [3.05, 3.63) is 65.2 Å². The molecule has 0 spiro atoms. The van der Waals surface area contributed by atoms with Crippen LogP contribution >= 0.6 is 0 Å². The molecule has 0 aromatic heterocycles. The summed E-state index contributed by atoms with van der Waals surface area (Å²) in [6, 6.07) is 9.07. The minimum atomic E-state index is -0.956. The van der Waals surface area contributed by atoms with Crippen LogP contribution in [-0.4, -0.2) is 59.8 Å². The van der Waals surface area contributed by atoms with Gasteiger partial charge in [0.15, 0.2) is 0 Å². The number of piperidine rings is 1. The monoisotopic (exact) mass is 485 g/mol. The van der Waals surface area contributed by atoms with Crippen LogP contribution < -0.4 is 10.1 Å². The van der Waals surface area contributed by atoms with Crippen molar-refractivity contribution in [1.29, 1.82) is 0 Å². The molecule has 0 unspecified atom stereocenters. The van der Waals surface area contributed by atoms with Crippen LogP contribution in [0.4, 0.5) is 8.78 Å². The van der Waals surface area contributed by atoms with Crippen LogP contribution in [0.1, 0.15) is 48.0 Å². The van der Waals surface area contributed by atoms with Crippen LogP contribution in [0, 0.1) is 11.6 Å². The lowest BCUT2D eigenvalue weighted by atomic mass is 9.98. The molecule has 1 N–H and O–H groups in total. The Hall–Kier alpha value is -3.49. The summed E-state index contributed by atoms with van der Waals surface area (Å²) < 4.78 is 33.8. The zero-order valence-electron chi connectivity index (χ0n) is 19.6. The summed E-state index contributed by atoms with van der Waals surface area (Å²) in [6.45, 7) is 0.904. The molecule has 9 heteroatoms. The zero-order chi connectivity index (χ0) is 24.9. The Morgan fingerprint density at radius 2 is 1.63 bits per heavy atom. The summed E-state index contributed by atoms with van der Waals surface area (Å²) in [7, 11) is 1.57. The quantitative estimate of drug-likeness (QED) is 0.681. The van der Waals surface area contributed by atoms with Crippen molar-refractivity contribution in [3.63, 3.8) is 0 Å². The van der Waals surface area contributed by atoms with Crippen molar-refractivity contribution >= 4 is 17.7 Å². The van der Waals surface area contributed by atoms with Gasteiger partial charge in [-0.05, 0) is 61.9 Å². The van der Waals surface area contributed by atoms with Crippen molar-refractivity contribution in [1.82, 2.24) is 15.1 Å². The molecule has 0 aliphatic carbocycles. The number of ether oxygens (including phenoxy) is 1. The molecule has 0 bridgehead atoms. The number of nitrogens with one attached hydrogen (secondary N) is 1. The molecular weight excluding hydrogens is 456 g/mol. The van der Waals surface area contributed by atoms with Crippen LogP contribution in [0.5, 0.6) is 5.75 Å². The molecule has 0 radical (unpaired) electrons. The van der Waals surface area contributed by atoms with Crippen LogP contribution in [0.25, 0.3) is 0 Å². The Labute approximate surface area is 203 Å². The molecule has 0 saturated carbocycles. The van der Waals surface area contributed by atoms with E-state index < -0.39 is 35.2 Å². The number of hydrogen-bond donors (Lipinski definition) is 1. The van der Waals surface area contributed by atoms with Crippen molar-refractivity contribution in [2.75, 3.05) is 20.2 Å². The van der Waals surface area contributed by atoms with Gasteiger partial charge in [-0.25, -0.2) is 8.78 Å². The molecule has 4 rings (SSSR count). The standard InChI is InChI=1S/C26H29F2N3O4/c1-35-18-8-4-7-17(15-18)16-29-24(32)21-12-6-14-30(21)25(33)22-11-2-3-13-31(22)26(34)23-19(27)9-5-10-20(23)28/h4-5,7-10,15,21-22H,2-3,6,11-14,16H2,1H3,(H,29,32)/t21-,22+/m0/s1. The van der Waals surface area contributed by atoms with Crippen molar-refractivity contribution < 1.29 is 27.9 Å². The highest BCUT2D eigenvalue weighted by atomic mass is 19.1. The van der Waals surface area contributed by atoms with Gasteiger partial charge in [-0.3, -0.25) is 14.4 Å². The fourth-order valence-electron chi connectivity index (χ4n) is 4.86. The van der Waals surface area contributed by atoms with E-state index >= 15 is 0 Å². The van der Waals surface area contributed by atoms with Crippen molar-refractivity contribution in [2.24, 2.45) is 0 Å². The number of benzene rings is 2. The van der Waals surface area contributed by atoms with E-state index in [2.05, 4.69) is 5.32 Å². The maximum atomic E-state index is 14.3. The fourth-order valence-corrected chi connectivity index (χ4v) is 4.86. The number of rotatable bonds is 6. The highest BCUT2D eigenvalue weighted by Gasteiger charge is 2.41. The number of nitrogens with zero attached hydrogens (tertiary/aromatic N) is 2. The molecule has 2 aromatic carbocycles. The molecule has 35 heavy (non-hydrogen) atoms. The average molecular weight is 486 g/mol. The van der Waals surface area contributed by atoms with Gasteiger partial charge >= 0.3 is 0 Å². The Kier molecular flexibility index (Phi) is 7.63. The smallest absolute Gasteiger partial charge is 0.260 e. The third-order valence-corrected chi connectivity index (χ3v) is 6.66. The summed E-state index contributed by atoms with van der Waals surface area (Å²) in [5.41, 5.74) is 0.214. The highest BCUT2D eigenvalue weighted by Crippen LogP contribution is 2.27. The molecule has 2 fully saturated rings. The van der Waals surface area contributed by atoms with E-state index in [0.29, 0.717) is 44.4 Å². The summed E-state index contributed by atoms with van der Waals surface area (Å²) >= 11 is 0. The third-order valence-electron chi connectivity index (χ3n) is 6.66. The van der Waals surface area contributed by atoms with Crippen LogP contribution in [-0.2, 0) is 16.1 Å². The van der Waals surface area contributed by atoms with E-state index in [4.69, 9.17) is 4.74 Å². The highest BCUT2D eigenvalue weighted by molar-refractivity contribution is 5.99. The second-order valence-corrected chi connectivity index (χ2v) is 8.87. The Balaban J connectivity index is 1.47. The molecule has 2 heterocycles. The van der Waals surface area contributed by atoms with Gasteiger partial charge in [-0.15, -0.1) is 0 Å². The van der Waals surface area contributed by atoms with Crippen LogP contribution in [0.2, 0.25) is 0 Å². The maximum Gasteiger partial charge on any atom is 0.260 e. The van der Waals surface area contributed by atoms with E-state index in [0.717, 1.165) is 17.7 Å². The third kappa shape index (κ3) is 5.28. The number of halogens is 2. The lowest BCUT2D eigenvalue weighted by Crippen LogP contribution is -2.56. The second-order valence-electron chi connectivity index (χ2n) is 8.87. The van der Waals surface area contributed by atoms with Gasteiger partial charge in [0.05, 0.1) is 7.11 Å². The molecule has 2 aliphatic heterocycles. The number of carbonyl (C=O) groups excluding carboxylic acids is 3. The van der Waals surface area contributed by atoms with Gasteiger partial charge in [-0.1, -0.05) is 18.2 Å². The number of methoxy groups -OCH3 is 1. The number of amides is 3. The topological polar surface area (TPSA) is 79.0 Å². The van der Waals surface area contributed by atoms with Crippen molar-refractivity contribution in [2.45, 2.75) is 50.7 Å². The van der Waals surface area contributed by atoms with E-state index in [9.17, 15) is 23.2 Å². The Bertz CT molecular complexity index is 1090. The minimum absolute atomic E-state index is 0.226.